The molecule has 0 aliphatic carbocycles. The number of hydrogen-bond acceptors (Lipinski definition) is 2. The second kappa shape index (κ2) is 4.32. The molecule has 0 aliphatic rings. The molecule has 0 amide bonds. The Hall–Kier alpha value is -1.23. The zero-order chi connectivity index (χ0) is 10.7. The number of nitro groups is 1. The van der Waals surface area contributed by atoms with Crippen molar-refractivity contribution in [2.45, 2.75) is 0 Å². The van der Waals surface area contributed by atoms with Crippen molar-refractivity contribution in [2.75, 3.05) is 5.33 Å². The van der Waals surface area contributed by atoms with E-state index >= 15 is 0 Å². The lowest BCUT2D eigenvalue weighted by molar-refractivity contribution is -0.385. The third kappa shape index (κ3) is 2.17. The van der Waals surface area contributed by atoms with E-state index in [4.69, 9.17) is 0 Å². The molecule has 0 saturated heterocycles. The van der Waals surface area contributed by atoms with Crippen LogP contribution in [0.25, 0.3) is 5.57 Å². The van der Waals surface area contributed by atoms with Gasteiger partial charge in [-0.1, -0.05) is 22.5 Å². The van der Waals surface area contributed by atoms with Crippen LogP contribution in [0, 0.1) is 15.9 Å². The molecule has 74 valence electrons. The van der Waals surface area contributed by atoms with Crippen LogP contribution in [-0.4, -0.2) is 10.3 Å². The molecule has 0 unspecified atom stereocenters. The Labute approximate surface area is 88.5 Å². The molecule has 5 heteroatoms. The Morgan fingerprint density at radius 3 is 2.79 bits per heavy atom. The minimum absolute atomic E-state index is 0.129. The van der Waals surface area contributed by atoms with Crippen LogP contribution in [-0.2, 0) is 0 Å². The van der Waals surface area contributed by atoms with E-state index in [1.54, 1.807) is 0 Å². The maximum atomic E-state index is 12.8. The zero-order valence-corrected chi connectivity index (χ0v) is 8.75. The van der Waals surface area contributed by atoms with E-state index in [2.05, 4.69) is 22.5 Å². The van der Waals surface area contributed by atoms with Crippen LogP contribution in [0.2, 0.25) is 0 Å². The summed E-state index contributed by atoms with van der Waals surface area (Å²) in [6.07, 6.45) is 0. The quantitative estimate of drug-likeness (QED) is 0.476. The van der Waals surface area contributed by atoms with Crippen molar-refractivity contribution >= 4 is 27.2 Å². The summed E-state index contributed by atoms with van der Waals surface area (Å²) in [7, 11) is 0. The molecule has 0 bridgehead atoms. The van der Waals surface area contributed by atoms with Gasteiger partial charge in [-0.3, -0.25) is 10.1 Å². The third-order valence-corrected chi connectivity index (χ3v) is 2.37. The van der Waals surface area contributed by atoms with Gasteiger partial charge < -0.3 is 0 Å². The van der Waals surface area contributed by atoms with E-state index in [-0.39, 0.29) is 11.3 Å². The van der Waals surface area contributed by atoms with Crippen LogP contribution in [0.1, 0.15) is 5.56 Å². The number of rotatable bonds is 3. The predicted octanol–water partition coefficient (Wildman–Crippen LogP) is 3.14. The lowest BCUT2D eigenvalue weighted by atomic mass is 10.1. The maximum Gasteiger partial charge on any atom is 0.277 e. The van der Waals surface area contributed by atoms with Gasteiger partial charge in [0.2, 0.25) is 0 Å². The standard InChI is InChI=1S/C9H7BrFNO2/c1-6(5-10)8-4-7(11)2-3-9(8)12(13)14/h2-4H,1,5H2. The number of allylic oxidation sites excluding steroid dienone is 1. The van der Waals surface area contributed by atoms with Crippen molar-refractivity contribution in [2.24, 2.45) is 0 Å². The molecular formula is C9H7BrFNO2. The first-order chi connectivity index (χ1) is 6.56. The number of hydrogen-bond donors (Lipinski definition) is 0. The van der Waals surface area contributed by atoms with Crippen LogP contribution in [0.15, 0.2) is 24.8 Å². The summed E-state index contributed by atoms with van der Waals surface area (Å²) in [5.41, 5.74) is 0.582. The Morgan fingerprint density at radius 1 is 1.64 bits per heavy atom. The van der Waals surface area contributed by atoms with E-state index in [1.165, 1.54) is 0 Å². The third-order valence-electron chi connectivity index (χ3n) is 1.70. The van der Waals surface area contributed by atoms with Gasteiger partial charge in [0.25, 0.3) is 5.69 Å². The number of alkyl halides is 1. The topological polar surface area (TPSA) is 43.1 Å². The van der Waals surface area contributed by atoms with E-state index in [9.17, 15) is 14.5 Å². The normalized spacial score (nSPS) is 9.86. The lowest BCUT2D eigenvalue weighted by Gasteiger charge is -2.03. The van der Waals surface area contributed by atoms with E-state index in [1.807, 2.05) is 0 Å². The fourth-order valence-corrected chi connectivity index (χ4v) is 1.32. The van der Waals surface area contributed by atoms with Gasteiger partial charge in [0.05, 0.1) is 10.5 Å². The van der Waals surface area contributed by atoms with Crippen molar-refractivity contribution in [3.63, 3.8) is 0 Å². The Balaban J connectivity index is 3.29. The van der Waals surface area contributed by atoms with Gasteiger partial charge in [-0.15, -0.1) is 0 Å². The largest absolute Gasteiger partial charge is 0.277 e. The Bertz CT molecular complexity index is 392. The van der Waals surface area contributed by atoms with Gasteiger partial charge in [0.1, 0.15) is 5.82 Å². The number of nitrogens with zero attached hydrogens (tertiary/aromatic N) is 1. The minimum atomic E-state index is -0.553. The van der Waals surface area contributed by atoms with Crippen molar-refractivity contribution in [1.82, 2.24) is 0 Å². The Morgan fingerprint density at radius 2 is 2.29 bits per heavy atom. The highest BCUT2D eigenvalue weighted by atomic mass is 79.9. The van der Waals surface area contributed by atoms with Gasteiger partial charge in [0.15, 0.2) is 0 Å². The molecular weight excluding hydrogens is 253 g/mol. The van der Waals surface area contributed by atoms with Gasteiger partial charge in [0, 0.05) is 11.4 Å². The molecule has 0 fully saturated rings. The molecule has 0 heterocycles. The van der Waals surface area contributed by atoms with Crippen LogP contribution < -0.4 is 0 Å². The second-order valence-corrected chi connectivity index (χ2v) is 3.22. The van der Waals surface area contributed by atoms with Gasteiger partial charge in [-0.2, -0.15) is 0 Å². The zero-order valence-electron chi connectivity index (χ0n) is 7.17. The average molecular weight is 260 g/mol. The first-order valence-corrected chi connectivity index (χ1v) is 4.86. The summed E-state index contributed by atoms with van der Waals surface area (Å²) in [6, 6.07) is 3.31. The monoisotopic (exact) mass is 259 g/mol. The highest BCUT2D eigenvalue weighted by Gasteiger charge is 2.15. The summed E-state index contributed by atoms with van der Waals surface area (Å²) < 4.78 is 12.8. The summed E-state index contributed by atoms with van der Waals surface area (Å²) in [5.74, 6) is -0.507. The summed E-state index contributed by atoms with van der Waals surface area (Å²) in [5, 5.41) is 11.0. The van der Waals surface area contributed by atoms with Crippen LogP contribution in [0.4, 0.5) is 10.1 Å². The highest BCUT2D eigenvalue weighted by molar-refractivity contribution is 9.09. The number of halogens is 2. The molecule has 1 rings (SSSR count). The van der Waals surface area contributed by atoms with Gasteiger partial charge in [-0.05, 0) is 17.7 Å². The average Bonchev–Trinajstić information content (AvgIpc) is 2.16. The molecule has 0 atom stereocenters. The Kier molecular flexibility index (Phi) is 3.35. The molecule has 0 aliphatic heterocycles. The summed E-state index contributed by atoms with van der Waals surface area (Å²) >= 11 is 3.11. The van der Waals surface area contributed by atoms with Crippen molar-refractivity contribution in [1.29, 1.82) is 0 Å². The summed E-state index contributed by atoms with van der Waals surface area (Å²) in [6.45, 7) is 3.61. The van der Waals surface area contributed by atoms with E-state index < -0.39 is 10.7 Å². The number of nitro benzene ring substituents is 1. The molecule has 0 N–H and O–H groups in total. The highest BCUT2D eigenvalue weighted by Crippen LogP contribution is 2.26. The van der Waals surface area contributed by atoms with Crippen molar-refractivity contribution in [3.05, 3.63) is 46.3 Å². The smallest absolute Gasteiger partial charge is 0.258 e. The van der Waals surface area contributed by atoms with Gasteiger partial charge >= 0.3 is 0 Å². The number of benzene rings is 1. The molecule has 3 nitrogen and oxygen atoms in total. The van der Waals surface area contributed by atoms with Crippen molar-refractivity contribution < 1.29 is 9.31 Å². The molecule has 14 heavy (non-hydrogen) atoms. The second-order valence-electron chi connectivity index (χ2n) is 2.66. The van der Waals surface area contributed by atoms with Crippen molar-refractivity contribution in [3.8, 4) is 0 Å². The molecule has 0 radical (unpaired) electrons. The first-order valence-electron chi connectivity index (χ1n) is 3.74. The molecule has 1 aromatic carbocycles. The molecule has 0 aromatic heterocycles. The molecule has 1 aromatic rings. The molecule has 0 saturated carbocycles. The van der Waals surface area contributed by atoms with Gasteiger partial charge in [-0.25, -0.2) is 4.39 Å². The lowest BCUT2D eigenvalue weighted by Crippen LogP contribution is -1.96. The van der Waals surface area contributed by atoms with Crippen LogP contribution in [0.3, 0.4) is 0 Å². The van der Waals surface area contributed by atoms with E-state index in [0.29, 0.717) is 10.9 Å². The fourth-order valence-electron chi connectivity index (χ4n) is 1.02. The summed E-state index contributed by atoms with van der Waals surface area (Å²) in [4.78, 5) is 10.0. The van der Waals surface area contributed by atoms with E-state index in [0.717, 1.165) is 18.2 Å². The van der Waals surface area contributed by atoms with Crippen LogP contribution in [0.5, 0.6) is 0 Å². The maximum absolute atomic E-state index is 12.8. The first kappa shape index (κ1) is 10.8. The minimum Gasteiger partial charge on any atom is -0.258 e. The molecule has 0 spiro atoms. The SMILES string of the molecule is C=C(CBr)c1cc(F)ccc1[N+](=O)[O-]. The fraction of sp³-hybridized carbons (Fsp3) is 0.111. The predicted molar refractivity (Wildman–Crippen MR) is 55.9 cm³/mol. The van der Waals surface area contributed by atoms with Crippen LogP contribution >= 0.6 is 15.9 Å².